The summed E-state index contributed by atoms with van der Waals surface area (Å²) < 4.78 is 6.80. The van der Waals surface area contributed by atoms with Gasteiger partial charge in [0, 0.05) is 23.8 Å². The molecule has 6 nitrogen and oxygen atoms in total. The van der Waals surface area contributed by atoms with E-state index in [0.29, 0.717) is 37.0 Å². The lowest BCUT2D eigenvalue weighted by atomic mass is 10.2. The number of aromatic nitrogens is 1. The van der Waals surface area contributed by atoms with Gasteiger partial charge in [0.05, 0.1) is 25.4 Å². The zero-order chi connectivity index (χ0) is 16.9. The van der Waals surface area contributed by atoms with Gasteiger partial charge in [0.25, 0.3) is 5.56 Å². The van der Waals surface area contributed by atoms with Crippen molar-refractivity contribution in [3.63, 3.8) is 0 Å². The number of carbonyl (C=O) groups is 1. The fourth-order valence-electron chi connectivity index (χ4n) is 2.50. The first-order valence-corrected chi connectivity index (χ1v) is 8.07. The summed E-state index contributed by atoms with van der Waals surface area (Å²) in [5.74, 6) is -0.183. The van der Waals surface area contributed by atoms with E-state index >= 15 is 0 Å². The van der Waals surface area contributed by atoms with Crippen LogP contribution in [0.25, 0.3) is 0 Å². The zero-order valence-electron chi connectivity index (χ0n) is 13.0. The minimum Gasteiger partial charge on any atom is -0.378 e. The van der Waals surface area contributed by atoms with Crippen LogP contribution in [-0.2, 0) is 16.1 Å². The van der Waals surface area contributed by atoms with Crippen molar-refractivity contribution in [1.29, 1.82) is 0 Å². The quantitative estimate of drug-likeness (QED) is 0.878. The average Bonchev–Trinajstić information content (AvgIpc) is 2.60. The molecule has 0 aliphatic carbocycles. The van der Waals surface area contributed by atoms with Gasteiger partial charge in [-0.15, -0.1) is 0 Å². The highest BCUT2D eigenvalue weighted by Gasteiger charge is 2.21. The third-order valence-corrected chi connectivity index (χ3v) is 4.16. The summed E-state index contributed by atoms with van der Waals surface area (Å²) in [7, 11) is 0. The molecule has 1 aliphatic rings. The van der Waals surface area contributed by atoms with E-state index in [1.54, 1.807) is 18.3 Å². The third-order valence-electron chi connectivity index (χ3n) is 3.79. The van der Waals surface area contributed by atoms with Crippen LogP contribution in [-0.4, -0.2) is 36.3 Å². The molecule has 1 aliphatic heterocycles. The monoisotopic (exact) mass is 347 g/mol. The van der Waals surface area contributed by atoms with Crippen LogP contribution >= 0.6 is 11.6 Å². The standard InChI is InChI=1S/C17H18ClN3O3/c18-14-4-2-1-3-12(14)9-21-10-13(5-6-16(21)22)20-17(23)15-11-24-8-7-19-15/h1-6,10,15,19H,7-9,11H2,(H,20,23)/t15-/m0/s1. The number of morpholine rings is 1. The number of pyridine rings is 1. The Kier molecular flexibility index (Phi) is 5.30. The molecule has 0 saturated carbocycles. The number of halogens is 1. The van der Waals surface area contributed by atoms with Crippen LogP contribution in [0.4, 0.5) is 5.69 Å². The van der Waals surface area contributed by atoms with Crippen molar-refractivity contribution in [2.24, 2.45) is 0 Å². The molecule has 1 atom stereocenters. The highest BCUT2D eigenvalue weighted by Crippen LogP contribution is 2.16. The van der Waals surface area contributed by atoms with E-state index in [0.717, 1.165) is 5.56 Å². The first-order chi connectivity index (χ1) is 11.6. The van der Waals surface area contributed by atoms with Gasteiger partial charge in [-0.2, -0.15) is 0 Å². The second-order valence-corrected chi connectivity index (χ2v) is 5.95. The third kappa shape index (κ3) is 4.03. The molecule has 0 bridgehead atoms. The Bertz CT molecular complexity index is 785. The summed E-state index contributed by atoms with van der Waals surface area (Å²) >= 11 is 6.14. The van der Waals surface area contributed by atoms with Gasteiger partial charge in [-0.25, -0.2) is 0 Å². The molecule has 24 heavy (non-hydrogen) atoms. The number of amides is 1. The van der Waals surface area contributed by atoms with E-state index in [1.807, 2.05) is 18.2 Å². The molecule has 3 rings (SSSR count). The van der Waals surface area contributed by atoms with Gasteiger partial charge >= 0.3 is 0 Å². The normalized spacial score (nSPS) is 17.5. The average molecular weight is 348 g/mol. The molecule has 2 N–H and O–H groups in total. The highest BCUT2D eigenvalue weighted by atomic mass is 35.5. The molecule has 1 aromatic heterocycles. The number of ether oxygens (including phenoxy) is 1. The van der Waals surface area contributed by atoms with Crippen LogP contribution in [0.2, 0.25) is 5.02 Å². The van der Waals surface area contributed by atoms with Crippen LogP contribution in [0.1, 0.15) is 5.56 Å². The Morgan fingerprint density at radius 3 is 2.92 bits per heavy atom. The van der Waals surface area contributed by atoms with E-state index in [4.69, 9.17) is 16.3 Å². The Labute approximate surface area is 144 Å². The van der Waals surface area contributed by atoms with Crippen LogP contribution < -0.4 is 16.2 Å². The van der Waals surface area contributed by atoms with E-state index < -0.39 is 0 Å². The first kappa shape index (κ1) is 16.7. The van der Waals surface area contributed by atoms with Crippen molar-refractivity contribution in [1.82, 2.24) is 9.88 Å². The summed E-state index contributed by atoms with van der Waals surface area (Å²) in [4.78, 5) is 24.3. The van der Waals surface area contributed by atoms with Crippen molar-refractivity contribution in [3.05, 3.63) is 63.5 Å². The smallest absolute Gasteiger partial charge is 0.250 e. The maximum atomic E-state index is 12.2. The first-order valence-electron chi connectivity index (χ1n) is 7.69. The number of benzene rings is 1. The number of nitrogens with one attached hydrogen (secondary N) is 2. The van der Waals surface area contributed by atoms with Crippen LogP contribution in [0, 0.1) is 0 Å². The van der Waals surface area contributed by atoms with Crippen molar-refractivity contribution in [2.75, 3.05) is 25.1 Å². The molecule has 126 valence electrons. The second-order valence-electron chi connectivity index (χ2n) is 5.55. The van der Waals surface area contributed by atoms with E-state index in [2.05, 4.69) is 10.6 Å². The number of anilines is 1. The molecular weight excluding hydrogens is 330 g/mol. The summed E-state index contributed by atoms with van der Waals surface area (Å²) in [6, 6.07) is 9.98. The maximum absolute atomic E-state index is 12.2. The summed E-state index contributed by atoms with van der Waals surface area (Å²) in [6.07, 6.45) is 1.62. The molecule has 0 unspecified atom stereocenters. The minimum atomic E-state index is -0.386. The van der Waals surface area contributed by atoms with Gasteiger partial charge in [0.2, 0.25) is 5.91 Å². The highest BCUT2D eigenvalue weighted by molar-refractivity contribution is 6.31. The molecule has 1 fully saturated rings. The lowest BCUT2D eigenvalue weighted by molar-refractivity contribution is -0.120. The Morgan fingerprint density at radius 2 is 2.17 bits per heavy atom. The molecule has 1 saturated heterocycles. The van der Waals surface area contributed by atoms with Crippen LogP contribution in [0.3, 0.4) is 0 Å². The molecule has 0 spiro atoms. The predicted molar refractivity (Wildman–Crippen MR) is 92.5 cm³/mol. The minimum absolute atomic E-state index is 0.160. The number of carbonyl (C=O) groups excluding carboxylic acids is 1. The molecule has 2 heterocycles. The Hall–Kier alpha value is -2.15. The molecule has 0 radical (unpaired) electrons. The van der Waals surface area contributed by atoms with Crippen molar-refractivity contribution in [3.8, 4) is 0 Å². The number of nitrogens with zero attached hydrogens (tertiary/aromatic N) is 1. The summed E-state index contributed by atoms with van der Waals surface area (Å²) in [6.45, 7) is 1.93. The lowest BCUT2D eigenvalue weighted by Crippen LogP contribution is -2.48. The molecule has 1 aromatic carbocycles. The largest absolute Gasteiger partial charge is 0.378 e. The molecule has 1 amide bonds. The predicted octanol–water partition coefficient (Wildman–Crippen LogP) is 1.48. The Morgan fingerprint density at radius 1 is 1.33 bits per heavy atom. The van der Waals surface area contributed by atoms with Crippen LogP contribution in [0.5, 0.6) is 0 Å². The van der Waals surface area contributed by atoms with Crippen molar-refractivity contribution >= 4 is 23.2 Å². The number of rotatable bonds is 4. The lowest BCUT2D eigenvalue weighted by Gasteiger charge is -2.23. The Balaban J connectivity index is 1.75. The fraction of sp³-hybridized carbons (Fsp3) is 0.294. The SMILES string of the molecule is O=C(Nc1ccc(=O)n(Cc2ccccc2Cl)c1)[C@@H]1COCCN1. The summed E-state index contributed by atoms with van der Waals surface area (Å²) in [5.41, 5.74) is 1.23. The topological polar surface area (TPSA) is 72.4 Å². The molecule has 2 aromatic rings. The molecular formula is C17H18ClN3O3. The molecule has 7 heteroatoms. The van der Waals surface area contributed by atoms with Gasteiger partial charge in [-0.1, -0.05) is 29.8 Å². The van der Waals surface area contributed by atoms with Gasteiger partial charge in [0.1, 0.15) is 6.04 Å². The van der Waals surface area contributed by atoms with E-state index in [1.165, 1.54) is 10.6 Å². The van der Waals surface area contributed by atoms with Gasteiger partial charge in [-0.3, -0.25) is 9.59 Å². The van der Waals surface area contributed by atoms with Crippen molar-refractivity contribution in [2.45, 2.75) is 12.6 Å². The number of hydrogen-bond acceptors (Lipinski definition) is 4. The maximum Gasteiger partial charge on any atom is 0.250 e. The van der Waals surface area contributed by atoms with Gasteiger partial charge < -0.3 is 19.9 Å². The zero-order valence-corrected chi connectivity index (χ0v) is 13.8. The van der Waals surface area contributed by atoms with Crippen LogP contribution in [0.15, 0.2) is 47.4 Å². The van der Waals surface area contributed by atoms with E-state index in [9.17, 15) is 9.59 Å². The van der Waals surface area contributed by atoms with Crippen molar-refractivity contribution < 1.29 is 9.53 Å². The summed E-state index contributed by atoms with van der Waals surface area (Å²) in [5, 5.41) is 6.49. The van der Waals surface area contributed by atoms with Gasteiger partial charge in [-0.05, 0) is 17.7 Å². The van der Waals surface area contributed by atoms with E-state index in [-0.39, 0.29) is 17.5 Å². The fourth-order valence-corrected chi connectivity index (χ4v) is 2.70. The second kappa shape index (κ2) is 7.61. The van der Waals surface area contributed by atoms with Gasteiger partial charge in [0.15, 0.2) is 0 Å². The number of hydrogen-bond donors (Lipinski definition) is 2.